The van der Waals surface area contributed by atoms with Gasteiger partial charge in [-0.25, -0.2) is 9.97 Å². The molecule has 1 aliphatic carbocycles. The minimum Gasteiger partial charge on any atom is -0.237 e. The summed E-state index contributed by atoms with van der Waals surface area (Å²) in [5, 5.41) is 3.46. The molecule has 0 spiro atoms. The summed E-state index contributed by atoms with van der Waals surface area (Å²) in [4.78, 5) is 8.76. The predicted molar refractivity (Wildman–Crippen MR) is 57.0 cm³/mol. The van der Waals surface area contributed by atoms with E-state index in [1.165, 1.54) is 5.22 Å². The third kappa shape index (κ3) is 1.11. The standard InChI is InChI=1S/C12H10N2/c1-2-6-11-9(4-1)8-10-5-3-7-13-12(10)14-11/h3-8H,1-2H2. The number of aromatic nitrogens is 2. The van der Waals surface area contributed by atoms with E-state index in [9.17, 15) is 0 Å². The quantitative estimate of drug-likeness (QED) is 0.607. The lowest BCUT2D eigenvalue weighted by Gasteiger charge is -2.00. The lowest BCUT2D eigenvalue weighted by Crippen LogP contribution is -2.29. The molecule has 0 atom stereocenters. The highest BCUT2D eigenvalue weighted by molar-refractivity contribution is 5.74. The molecular weight excluding hydrogens is 172 g/mol. The molecule has 68 valence electrons. The Labute approximate surface area is 81.6 Å². The zero-order valence-corrected chi connectivity index (χ0v) is 7.77. The number of nitrogens with zero attached hydrogens (tertiary/aromatic N) is 2. The van der Waals surface area contributed by atoms with Crippen molar-refractivity contribution in [2.75, 3.05) is 0 Å². The number of rotatable bonds is 0. The van der Waals surface area contributed by atoms with E-state index in [0.29, 0.717) is 0 Å². The predicted octanol–water partition coefficient (Wildman–Crippen LogP) is 0.985. The summed E-state index contributed by atoms with van der Waals surface area (Å²) in [6.07, 6.45) is 8.44. The van der Waals surface area contributed by atoms with Crippen LogP contribution < -0.4 is 10.6 Å². The Hall–Kier alpha value is -1.70. The van der Waals surface area contributed by atoms with Crippen LogP contribution in [0.4, 0.5) is 0 Å². The zero-order valence-electron chi connectivity index (χ0n) is 7.77. The molecule has 0 radical (unpaired) electrons. The molecule has 0 saturated carbocycles. The number of hydrogen-bond acceptors (Lipinski definition) is 2. The van der Waals surface area contributed by atoms with Gasteiger partial charge in [0.2, 0.25) is 0 Å². The normalized spacial score (nSPS) is 14.3. The lowest BCUT2D eigenvalue weighted by atomic mass is 10.1. The van der Waals surface area contributed by atoms with Crippen molar-refractivity contribution < 1.29 is 0 Å². The van der Waals surface area contributed by atoms with Gasteiger partial charge in [0.15, 0.2) is 5.65 Å². The van der Waals surface area contributed by atoms with E-state index in [1.54, 1.807) is 6.20 Å². The van der Waals surface area contributed by atoms with Crippen molar-refractivity contribution in [2.24, 2.45) is 0 Å². The lowest BCUT2D eigenvalue weighted by molar-refractivity contribution is 1.08. The summed E-state index contributed by atoms with van der Waals surface area (Å²) in [6.45, 7) is 0. The molecule has 1 aliphatic rings. The van der Waals surface area contributed by atoms with Crippen molar-refractivity contribution in [1.82, 2.24) is 9.97 Å². The second-order valence-corrected chi connectivity index (χ2v) is 3.50. The molecule has 3 rings (SSSR count). The first-order chi connectivity index (χ1) is 6.93. The van der Waals surface area contributed by atoms with Gasteiger partial charge in [-0.15, -0.1) is 0 Å². The molecule has 0 fully saturated rings. The minimum absolute atomic E-state index is 0.845. The average Bonchev–Trinajstić information content (AvgIpc) is 2.26. The van der Waals surface area contributed by atoms with E-state index in [0.717, 1.165) is 29.2 Å². The van der Waals surface area contributed by atoms with Crippen LogP contribution in [0.15, 0.2) is 24.4 Å². The summed E-state index contributed by atoms with van der Waals surface area (Å²) in [6, 6.07) is 6.17. The van der Waals surface area contributed by atoms with Gasteiger partial charge in [0.25, 0.3) is 0 Å². The molecule has 2 aromatic rings. The van der Waals surface area contributed by atoms with E-state index in [1.807, 2.05) is 6.07 Å². The van der Waals surface area contributed by atoms with Crippen LogP contribution in [-0.2, 0) is 0 Å². The van der Waals surface area contributed by atoms with E-state index in [4.69, 9.17) is 0 Å². The van der Waals surface area contributed by atoms with E-state index in [2.05, 4.69) is 34.3 Å². The molecule has 0 unspecified atom stereocenters. The SMILES string of the molecule is C1=c2cc3cccnc3nc2=CCC1. The van der Waals surface area contributed by atoms with Crippen LogP contribution in [0.2, 0.25) is 0 Å². The van der Waals surface area contributed by atoms with Crippen molar-refractivity contribution in [1.29, 1.82) is 0 Å². The third-order valence-electron chi connectivity index (χ3n) is 2.52. The highest BCUT2D eigenvalue weighted by Crippen LogP contribution is 2.03. The maximum absolute atomic E-state index is 4.52. The molecule has 0 amide bonds. The van der Waals surface area contributed by atoms with Gasteiger partial charge in [0, 0.05) is 11.6 Å². The maximum Gasteiger partial charge on any atom is 0.159 e. The van der Waals surface area contributed by atoms with Crippen molar-refractivity contribution in [3.05, 3.63) is 35.0 Å². The largest absolute Gasteiger partial charge is 0.237 e. The van der Waals surface area contributed by atoms with Crippen molar-refractivity contribution in [3.8, 4) is 0 Å². The molecule has 0 bridgehead atoms. The molecule has 0 aliphatic heterocycles. The van der Waals surface area contributed by atoms with Crippen LogP contribution in [0.1, 0.15) is 12.8 Å². The highest BCUT2D eigenvalue weighted by atomic mass is 14.8. The maximum atomic E-state index is 4.52. The average molecular weight is 182 g/mol. The number of hydrogen-bond donors (Lipinski definition) is 0. The van der Waals surface area contributed by atoms with Gasteiger partial charge in [-0.1, -0.05) is 12.2 Å². The van der Waals surface area contributed by atoms with E-state index >= 15 is 0 Å². The van der Waals surface area contributed by atoms with Gasteiger partial charge < -0.3 is 0 Å². The Morgan fingerprint density at radius 3 is 3.07 bits per heavy atom. The van der Waals surface area contributed by atoms with Crippen LogP contribution in [-0.4, -0.2) is 9.97 Å². The molecule has 2 nitrogen and oxygen atoms in total. The van der Waals surface area contributed by atoms with Crippen LogP contribution >= 0.6 is 0 Å². The van der Waals surface area contributed by atoms with Crippen LogP contribution in [0, 0.1) is 0 Å². The summed E-state index contributed by atoms with van der Waals surface area (Å²) < 4.78 is 0. The molecule has 2 heteroatoms. The number of pyridine rings is 2. The topological polar surface area (TPSA) is 25.8 Å². The highest BCUT2D eigenvalue weighted by Gasteiger charge is 1.98. The first kappa shape index (κ1) is 7.68. The zero-order chi connectivity index (χ0) is 9.38. The van der Waals surface area contributed by atoms with Gasteiger partial charge in [0.1, 0.15) is 0 Å². The number of fused-ring (bicyclic) bond motifs is 2. The summed E-state index contributed by atoms with van der Waals surface area (Å²) in [5.74, 6) is 0. The van der Waals surface area contributed by atoms with Crippen LogP contribution in [0.3, 0.4) is 0 Å². The van der Waals surface area contributed by atoms with Crippen molar-refractivity contribution in [3.63, 3.8) is 0 Å². The second-order valence-electron chi connectivity index (χ2n) is 3.50. The Balaban J connectivity index is 2.51. The molecule has 14 heavy (non-hydrogen) atoms. The Morgan fingerprint density at radius 1 is 1.14 bits per heavy atom. The molecule has 2 heterocycles. The van der Waals surface area contributed by atoms with Gasteiger partial charge in [-0.3, -0.25) is 0 Å². The Bertz CT molecular complexity index is 545. The van der Waals surface area contributed by atoms with Crippen molar-refractivity contribution >= 4 is 23.2 Å². The first-order valence-corrected chi connectivity index (χ1v) is 4.86. The fraction of sp³-hybridized carbons (Fsp3) is 0.167. The van der Waals surface area contributed by atoms with Gasteiger partial charge >= 0.3 is 0 Å². The molecule has 0 N–H and O–H groups in total. The van der Waals surface area contributed by atoms with E-state index < -0.39 is 0 Å². The first-order valence-electron chi connectivity index (χ1n) is 4.86. The fourth-order valence-electron chi connectivity index (χ4n) is 1.82. The van der Waals surface area contributed by atoms with E-state index in [-0.39, 0.29) is 0 Å². The van der Waals surface area contributed by atoms with Gasteiger partial charge in [0.05, 0.1) is 5.35 Å². The fourth-order valence-corrected chi connectivity index (χ4v) is 1.82. The molecule has 2 aromatic heterocycles. The Morgan fingerprint density at radius 2 is 2.07 bits per heavy atom. The Kier molecular flexibility index (Phi) is 1.60. The monoisotopic (exact) mass is 182 g/mol. The summed E-state index contributed by atoms with van der Waals surface area (Å²) in [5.41, 5.74) is 0.845. The van der Waals surface area contributed by atoms with Crippen molar-refractivity contribution in [2.45, 2.75) is 12.8 Å². The summed E-state index contributed by atoms with van der Waals surface area (Å²) >= 11 is 0. The summed E-state index contributed by atoms with van der Waals surface area (Å²) in [7, 11) is 0. The molecule has 0 aromatic carbocycles. The van der Waals surface area contributed by atoms with Gasteiger partial charge in [-0.2, -0.15) is 0 Å². The van der Waals surface area contributed by atoms with Crippen LogP contribution in [0.5, 0.6) is 0 Å². The molecule has 0 saturated heterocycles. The van der Waals surface area contributed by atoms with Crippen LogP contribution in [0.25, 0.3) is 23.2 Å². The van der Waals surface area contributed by atoms with Gasteiger partial charge in [-0.05, 0) is 36.3 Å². The third-order valence-corrected chi connectivity index (χ3v) is 2.52. The minimum atomic E-state index is 0.845. The second kappa shape index (κ2) is 2.91. The smallest absolute Gasteiger partial charge is 0.159 e. The molecular formula is C12H10N2.